The second-order valence-electron chi connectivity index (χ2n) is 7.30. The second kappa shape index (κ2) is 9.37. The largest absolute Gasteiger partial charge is 0.465 e. The van der Waals surface area contributed by atoms with Crippen molar-refractivity contribution < 1.29 is 26.4 Å². The van der Waals surface area contributed by atoms with Crippen LogP contribution in [0.5, 0.6) is 0 Å². The molecule has 0 aliphatic heterocycles. The quantitative estimate of drug-likeness (QED) is 0.370. The molecule has 34 heavy (non-hydrogen) atoms. The fraction of sp³-hybridized carbons (Fsp3) is 0.130. The molecule has 0 bridgehead atoms. The van der Waals surface area contributed by atoms with Crippen molar-refractivity contribution in [3.05, 3.63) is 90.4 Å². The van der Waals surface area contributed by atoms with Crippen LogP contribution in [0.25, 0.3) is 10.9 Å². The fourth-order valence-electron chi connectivity index (χ4n) is 3.57. The molecular weight excluding hydrogens is 478 g/mol. The van der Waals surface area contributed by atoms with Crippen molar-refractivity contribution in [2.75, 3.05) is 13.7 Å². The molecule has 0 amide bonds. The highest BCUT2D eigenvalue weighted by Crippen LogP contribution is 2.32. The Kier molecular flexibility index (Phi) is 6.51. The van der Waals surface area contributed by atoms with Crippen LogP contribution in [-0.2, 0) is 31.2 Å². The van der Waals surface area contributed by atoms with Gasteiger partial charge in [-0.1, -0.05) is 24.3 Å². The van der Waals surface area contributed by atoms with Gasteiger partial charge in [0.1, 0.15) is 4.90 Å². The van der Waals surface area contributed by atoms with Crippen LogP contribution in [0.4, 0.5) is 0 Å². The first-order chi connectivity index (χ1) is 16.3. The summed E-state index contributed by atoms with van der Waals surface area (Å²) in [6.45, 7) is 0.0604. The molecule has 2 aromatic carbocycles. The number of carbonyl (C=O) groups is 1. The summed E-state index contributed by atoms with van der Waals surface area (Å²) < 4.78 is 61.5. The zero-order valence-electron chi connectivity index (χ0n) is 18.1. The van der Waals surface area contributed by atoms with Gasteiger partial charge in [0, 0.05) is 30.5 Å². The van der Waals surface area contributed by atoms with Crippen molar-refractivity contribution in [1.29, 1.82) is 0 Å². The van der Waals surface area contributed by atoms with E-state index in [0.29, 0.717) is 6.42 Å². The molecule has 176 valence electrons. The smallest absolute Gasteiger partial charge is 0.338 e. The molecule has 0 saturated heterocycles. The van der Waals surface area contributed by atoms with Crippen LogP contribution in [-0.4, -0.2) is 45.4 Å². The highest BCUT2D eigenvalue weighted by molar-refractivity contribution is 7.91. The number of carbonyl (C=O) groups excluding carboxylic acids is 1. The van der Waals surface area contributed by atoms with E-state index in [1.165, 1.54) is 37.4 Å². The van der Waals surface area contributed by atoms with Crippen molar-refractivity contribution in [2.45, 2.75) is 16.2 Å². The summed E-state index contributed by atoms with van der Waals surface area (Å²) in [6.07, 6.45) is 4.63. The lowest BCUT2D eigenvalue weighted by Crippen LogP contribution is -2.26. The molecule has 4 rings (SSSR count). The zero-order valence-corrected chi connectivity index (χ0v) is 19.7. The second-order valence-corrected chi connectivity index (χ2v) is 10.9. The molecule has 0 atom stereocenters. The number of esters is 1. The summed E-state index contributed by atoms with van der Waals surface area (Å²) in [7, 11) is -7.19. The van der Waals surface area contributed by atoms with Crippen LogP contribution in [0, 0.1) is 0 Å². The van der Waals surface area contributed by atoms with E-state index in [0.717, 1.165) is 15.7 Å². The lowest BCUT2D eigenvalue weighted by Gasteiger charge is -2.08. The number of rotatable bonds is 8. The van der Waals surface area contributed by atoms with Gasteiger partial charge in [-0.2, -0.15) is 0 Å². The molecule has 0 aliphatic rings. The van der Waals surface area contributed by atoms with E-state index in [-0.39, 0.29) is 32.8 Å². The fourth-order valence-corrected chi connectivity index (χ4v) is 6.27. The number of sulfonamides is 1. The van der Waals surface area contributed by atoms with Crippen LogP contribution in [0.15, 0.2) is 89.0 Å². The Bertz CT molecular complexity index is 1550. The molecule has 11 heteroatoms. The summed E-state index contributed by atoms with van der Waals surface area (Å²) in [4.78, 5) is 16.0. The molecule has 2 aromatic heterocycles. The highest BCUT2D eigenvalue weighted by Gasteiger charge is 2.29. The lowest BCUT2D eigenvalue weighted by molar-refractivity contribution is 0.0603. The van der Waals surface area contributed by atoms with Gasteiger partial charge in [-0.05, 0) is 48.4 Å². The zero-order chi connectivity index (χ0) is 24.3. The monoisotopic (exact) mass is 499 g/mol. The van der Waals surface area contributed by atoms with Gasteiger partial charge in [-0.15, -0.1) is 0 Å². The molecule has 4 aromatic rings. The van der Waals surface area contributed by atoms with Gasteiger partial charge in [-0.3, -0.25) is 4.98 Å². The van der Waals surface area contributed by atoms with E-state index in [9.17, 15) is 21.6 Å². The molecule has 0 aliphatic carbocycles. The number of nitrogens with zero attached hydrogens (tertiary/aromatic N) is 2. The average molecular weight is 500 g/mol. The summed E-state index contributed by atoms with van der Waals surface area (Å²) >= 11 is 0. The molecule has 0 saturated carbocycles. The Labute approximate surface area is 197 Å². The molecule has 0 unspecified atom stereocenters. The van der Waals surface area contributed by atoms with Crippen LogP contribution in [0.3, 0.4) is 0 Å². The Hall–Kier alpha value is -3.54. The van der Waals surface area contributed by atoms with Gasteiger partial charge in [-0.25, -0.2) is 30.3 Å². The van der Waals surface area contributed by atoms with Crippen LogP contribution < -0.4 is 4.72 Å². The van der Waals surface area contributed by atoms with E-state index < -0.39 is 26.0 Å². The number of ether oxygens (including phenoxy) is 1. The number of fused-ring (bicyclic) bond motifs is 1. The Morgan fingerprint density at radius 3 is 2.35 bits per heavy atom. The SMILES string of the molecule is COC(=O)c1cccc2c1c(S(=O)(=O)NCCc1ccncc1)cn2S(=O)(=O)c1ccccc1. The van der Waals surface area contributed by atoms with E-state index in [4.69, 9.17) is 4.74 Å². The number of nitrogens with one attached hydrogen (secondary N) is 1. The van der Waals surface area contributed by atoms with Crippen molar-refractivity contribution in [2.24, 2.45) is 0 Å². The minimum atomic E-state index is -4.20. The van der Waals surface area contributed by atoms with Gasteiger partial charge in [0.05, 0.1) is 23.1 Å². The van der Waals surface area contributed by atoms with Crippen LogP contribution >= 0.6 is 0 Å². The van der Waals surface area contributed by atoms with Crippen LogP contribution in [0.1, 0.15) is 15.9 Å². The van der Waals surface area contributed by atoms with Gasteiger partial charge in [0.2, 0.25) is 10.0 Å². The molecule has 9 nitrogen and oxygen atoms in total. The number of hydrogen-bond acceptors (Lipinski definition) is 7. The number of hydrogen-bond donors (Lipinski definition) is 1. The normalized spacial score (nSPS) is 12.0. The van der Waals surface area contributed by atoms with E-state index in [1.807, 2.05) is 0 Å². The summed E-state index contributed by atoms with van der Waals surface area (Å²) in [6, 6.07) is 15.5. The minimum Gasteiger partial charge on any atom is -0.465 e. The number of aromatic nitrogens is 2. The summed E-state index contributed by atoms with van der Waals surface area (Å²) in [5.74, 6) is -0.784. The van der Waals surface area contributed by atoms with E-state index >= 15 is 0 Å². The first kappa shape index (κ1) is 23.6. The molecule has 0 radical (unpaired) electrons. The minimum absolute atomic E-state index is 0.0232. The standard InChI is InChI=1S/C23H21N3O6S2/c1-32-23(27)19-8-5-9-20-22(19)21(16-26(20)34(30,31)18-6-3-2-4-7-18)33(28,29)25-15-12-17-10-13-24-14-11-17/h2-11,13-14,16,25H,12,15H2,1H3. The summed E-state index contributed by atoms with van der Waals surface area (Å²) in [5, 5.41) is -0.0368. The van der Waals surface area contributed by atoms with Gasteiger partial charge in [0.25, 0.3) is 10.0 Å². The average Bonchev–Trinajstić information content (AvgIpc) is 3.26. The maximum absolute atomic E-state index is 13.4. The Morgan fingerprint density at radius 2 is 1.68 bits per heavy atom. The van der Waals surface area contributed by atoms with Gasteiger partial charge >= 0.3 is 5.97 Å². The predicted octanol–water partition coefficient (Wildman–Crippen LogP) is 2.58. The van der Waals surface area contributed by atoms with Crippen molar-refractivity contribution in [3.63, 3.8) is 0 Å². The van der Waals surface area contributed by atoms with Crippen molar-refractivity contribution >= 4 is 36.9 Å². The highest BCUT2D eigenvalue weighted by atomic mass is 32.2. The molecule has 0 fully saturated rings. The first-order valence-corrected chi connectivity index (χ1v) is 13.1. The molecular formula is C23H21N3O6S2. The maximum Gasteiger partial charge on any atom is 0.338 e. The van der Waals surface area contributed by atoms with E-state index in [2.05, 4.69) is 9.71 Å². The Balaban J connectivity index is 1.85. The van der Waals surface area contributed by atoms with Gasteiger partial charge in [0.15, 0.2) is 0 Å². The summed E-state index contributed by atoms with van der Waals surface area (Å²) in [5.41, 5.74) is 0.861. The van der Waals surface area contributed by atoms with Gasteiger partial charge < -0.3 is 4.74 Å². The van der Waals surface area contributed by atoms with Crippen LogP contribution in [0.2, 0.25) is 0 Å². The predicted molar refractivity (Wildman–Crippen MR) is 125 cm³/mol. The first-order valence-electron chi connectivity index (χ1n) is 10.2. The molecule has 0 spiro atoms. The number of methoxy groups -OCH3 is 1. The number of pyridine rings is 1. The molecule has 2 heterocycles. The third-order valence-corrected chi connectivity index (χ3v) is 8.37. The maximum atomic E-state index is 13.4. The topological polar surface area (TPSA) is 124 Å². The third kappa shape index (κ3) is 4.45. The van der Waals surface area contributed by atoms with Crippen molar-refractivity contribution in [1.82, 2.24) is 13.7 Å². The van der Waals surface area contributed by atoms with Crippen molar-refractivity contribution in [3.8, 4) is 0 Å². The molecule has 1 N–H and O–H groups in total. The van der Waals surface area contributed by atoms with E-state index in [1.54, 1.807) is 42.7 Å². The Morgan fingerprint density at radius 1 is 0.971 bits per heavy atom. The lowest BCUT2D eigenvalue weighted by atomic mass is 10.1. The third-order valence-electron chi connectivity index (χ3n) is 5.21. The number of benzene rings is 2.